The second-order valence-electron chi connectivity index (χ2n) is 6.43. The van der Waals surface area contributed by atoms with Gasteiger partial charge in [0.1, 0.15) is 17.6 Å². The molecule has 0 aromatic carbocycles. The fourth-order valence-electron chi connectivity index (χ4n) is 3.08. The van der Waals surface area contributed by atoms with E-state index in [1.807, 2.05) is 11.0 Å². The van der Waals surface area contributed by atoms with Crippen LogP contribution in [0.2, 0.25) is 0 Å². The number of aromatic nitrogens is 1. The Kier molecular flexibility index (Phi) is 4.95. The van der Waals surface area contributed by atoms with E-state index < -0.39 is 5.67 Å². The van der Waals surface area contributed by atoms with Crippen molar-refractivity contribution in [3.63, 3.8) is 0 Å². The van der Waals surface area contributed by atoms with Crippen molar-refractivity contribution in [3.8, 4) is 6.07 Å². The van der Waals surface area contributed by atoms with E-state index in [4.69, 9.17) is 10.00 Å². The average Bonchev–Trinajstić information content (AvgIpc) is 3.15. The predicted octanol–water partition coefficient (Wildman–Crippen LogP) is 1.41. The van der Waals surface area contributed by atoms with Crippen molar-refractivity contribution in [1.82, 2.24) is 10.3 Å². The Morgan fingerprint density at radius 1 is 1.50 bits per heavy atom. The van der Waals surface area contributed by atoms with E-state index in [1.54, 1.807) is 12.1 Å². The molecule has 2 aliphatic rings. The van der Waals surface area contributed by atoms with Gasteiger partial charge in [-0.15, -0.1) is 0 Å². The van der Waals surface area contributed by atoms with E-state index in [9.17, 15) is 9.18 Å². The van der Waals surface area contributed by atoms with E-state index in [0.29, 0.717) is 51.1 Å². The minimum absolute atomic E-state index is 0.0526. The highest BCUT2D eigenvalue weighted by molar-refractivity contribution is 5.79. The molecule has 1 N–H and O–H groups in total. The standard InChI is InChI=1S/C17H21FN4O2/c18-17(12-21-16(23)14-3-8-24-11-14)4-6-22(7-5-17)15-2-1-13(9-19)10-20-15/h1-2,10,14H,3-8,11-12H2,(H,21,23). The average molecular weight is 332 g/mol. The Morgan fingerprint density at radius 2 is 2.29 bits per heavy atom. The first-order valence-corrected chi connectivity index (χ1v) is 8.25. The number of nitriles is 1. The predicted molar refractivity (Wildman–Crippen MR) is 86.2 cm³/mol. The SMILES string of the molecule is N#Cc1ccc(N2CCC(F)(CNC(=O)C3CCOC3)CC2)nc1. The highest BCUT2D eigenvalue weighted by Crippen LogP contribution is 2.28. The topological polar surface area (TPSA) is 78.2 Å². The Bertz CT molecular complexity index is 614. The van der Waals surface area contributed by atoms with Crippen molar-refractivity contribution in [2.24, 2.45) is 5.92 Å². The van der Waals surface area contributed by atoms with Gasteiger partial charge < -0.3 is 15.0 Å². The van der Waals surface area contributed by atoms with E-state index in [-0.39, 0.29) is 18.4 Å². The molecule has 3 rings (SSSR count). The maximum Gasteiger partial charge on any atom is 0.225 e. The van der Waals surface area contributed by atoms with Crippen LogP contribution in [0.1, 0.15) is 24.8 Å². The van der Waals surface area contributed by atoms with Crippen molar-refractivity contribution in [2.75, 3.05) is 37.7 Å². The molecule has 2 aliphatic heterocycles. The summed E-state index contributed by atoms with van der Waals surface area (Å²) in [6.45, 7) is 2.17. The lowest BCUT2D eigenvalue weighted by molar-refractivity contribution is -0.125. The van der Waals surface area contributed by atoms with Gasteiger partial charge in [-0.1, -0.05) is 0 Å². The monoisotopic (exact) mass is 332 g/mol. The van der Waals surface area contributed by atoms with Crippen LogP contribution >= 0.6 is 0 Å². The third-order valence-corrected chi connectivity index (χ3v) is 4.74. The fourth-order valence-corrected chi connectivity index (χ4v) is 3.08. The number of ether oxygens (including phenoxy) is 1. The first-order chi connectivity index (χ1) is 11.6. The highest BCUT2D eigenvalue weighted by atomic mass is 19.1. The number of amides is 1. The van der Waals surface area contributed by atoms with Gasteiger partial charge in [-0.2, -0.15) is 5.26 Å². The molecule has 7 heteroatoms. The van der Waals surface area contributed by atoms with Crippen LogP contribution in [0.3, 0.4) is 0 Å². The number of piperidine rings is 1. The number of hydrogen-bond donors (Lipinski definition) is 1. The Balaban J connectivity index is 1.49. The lowest BCUT2D eigenvalue weighted by atomic mass is 9.93. The summed E-state index contributed by atoms with van der Waals surface area (Å²) < 4.78 is 20.1. The van der Waals surface area contributed by atoms with Gasteiger partial charge in [-0.05, 0) is 18.6 Å². The molecule has 1 aromatic rings. The summed E-state index contributed by atoms with van der Waals surface area (Å²) in [7, 11) is 0. The Labute approximate surface area is 140 Å². The molecule has 0 bridgehead atoms. The number of rotatable bonds is 4. The maximum atomic E-state index is 14.9. The zero-order valence-electron chi connectivity index (χ0n) is 13.5. The van der Waals surface area contributed by atoms with Crippen LogP contribution < -0.4 is 10.2 Å². The normalized spacial score (nSPS) is 22.8. The van der Waals surface area contributed by atoms with E-state index in [2.05, 4.69) is 10.3 Å². The number of nitrogens with zero attached hydrogens (tertiary/aromatic N) is 3. The number of nitrogens with one attached hydrogen (secondary N) is 1. The molecular formula is C17H21FN4O2. The third kappa shape index (κ3) is 3.82. The van der Waals surface area contributed by atoms with Gasteiger partial charge in [0, 0.05) is 38.7 Å². The molecule has 1 aromatic heterocycles. The van der Waals surface area contributed by atoms with Crippen molar-refractivity contribution in [1.29, 1.82) is 5.26 Å². The number of halogens is 1. The molecule has 128 valence electrons. The van der Waals surface area contributed by atoms with E-state index in [0.717, 1.165) is 5.82 Å². The van der Waals surface area contributed by atoms with Crippen LogP contribution in [0.25, 0.3) is 0 Å². The van der Waals surface area contributed by atoms with Crippen molar-refractivity contribution in [2.45, 2.75) is 24.9 Å². The van der Waals surface area contributed by atoms with Crippen LogP contribution in [0.5, 0.6) is 0 Å². The summed E-state index contributed by atoms with van der Waals surface area (Å²) in [5, 5.41) is 11.5. The largest absolute Gasteiger partial charge is 0.381 e. The molecular weight excluding hydrogens is 311 g/mol. The number of alkyl halides is 1. The summed E-state index contributed by atoms with van der Waals surface area (Å²) in [5.74, 6) is 0.500. The Hall–Kier alpha value is -2.20. The molecule has 0 aliphatic carbocycles. The van der Waals surface area contributed by atoms with Gasteiger partial charge in [0.25, 0.3) is 0 Å². The highest BCUT2D eigenvalue weighted by Gasteiger charge is 2.36. The van der Waals surface area contributed by atoms with E-state index in [1.165, 1.54) is 6.20 Å². The van der Waals surface area contributed by atoms with E-state index >= 15 is 0 Å². The molecule has 3 heterocycles. The molecule has 0 spiro atoms. The lowest BCUT2D eigenvalue weighted by Crippen LogP contribution is -2.49. The molecule has 6 nitrogen and oxygen atoms in total. The molecule has 1 amide bonds. The molecule has 24 heavy (non-hydrogen) atoms. The van der Waals surface area contributed by atoms with Gasteiger partial charge in [-0.25, -0.2) is 9.37 Å². The number of anilines is 1. The van der Waals surface area contributed by atoms with Crippen molar-refractivity contribution in [3.05, 3.63) is 23.9 Å². The zero-order valence-corrected chi connectivity index (χ0v) is 13.5. The van der Waals surface area contributed by atoms with Crippen LogP contribution in [-0.4, -0.2) is 49.4 Å². The van der Waals surface area contributed by atoms with Crippen molar-refractivity contribution >= 4 is 11.7 Å². The van der Waals surface area contributed by atoms with Crippen LogP contribution in [0, 0.1) is 17.2 Å². The fraction of sp³-hybridized carbons (Fsp3) is 0.588. The zero-order chi connectivity index (χ0) is 17.0. The van der Waals surface area contributed by atoms with Gasteiger partial charge in [-0.3, -0.25) is 4.79 Å². The second kappa shape index (κ2) is 7.14. The number of pyridine rings is 1. The lowest BCUT2D eigenvalue weighted by Gasteiger charge is -2.37. The number of hydrogen-bond acceptors (Lipinski definition) is 5. The minimum atomic E-state index is -1.38. The molecule has 2 saturated heterocycles. The molecule has 0 saturated carbocycles. The first-order valence-electron chi connectivity index (χ1n) is 8.25. The quantitative estimate of drug-likeness (QED) is 0.902. The van der Waals surface area contributed by atoms with Crippen LogP contribution in [-0.2, 0) is 9.53 Å². The minimum Gasteiger partial charge on any atom is -0.381 e. The Morgan fingerprint density at radius 3 is 2.88 bits per heavy atom. The molecule has 1 unspecified atom stereocenters. The molecule has 2 fully saturated rings. The van der Waals surface area contributed by atoms with Gasteiger partial charge in [0.15, 0.2) is 0 Å². The summed E-state index contributed by atoms with van der Waals surface area (Å²) in [5.41, 5.74) is -0.868. The number of carbonyl (C=O) groups excluding carboxylic acids is 1. The third-order valence-electron chi connectivity index (χ3n) is 4.74. The summed E-state index contributed by atoms with van der Waals surface area (Å²) in [4.78, 5) is 18.2. The summed E-state index contributed by atoms with van der Waals surface area (Å²) in [6.07, 6.45) is 2.92. The molecule has 0 radical (unpaired) electrons. The smallest absolute Gasteiger partial charge is 0.225 e. The van der Waals surface area contributed by atoms with Gasteiger partial charge in [0.05, 0.1) is 24.6 Å². The first kappa shape index (κ1) is 16.7. The second-order valence-corrected chi connectivity index (χ2v) is 6.43. The van der Waals surface area contributed by atoms with Gasteiger partial charge in [0.2, 0.25) is 5.91 Å². The van der Waals surface area contributed by atoms with Crippen molar-refractivity contribution < 1.29 is 13.9 Å². The summed E-state index contributed by atoms with van der Waals surface area (Å²) >= 11 is 0. The van der Waals surface area contributed by atoms with Crippen LogP contribution in [0.4, 0.5) is 10.2 Å². The maximum absolute atomic E-state index is 14.9. The van der Waals surface area contributed by atoms with Crippen LogP contribution in [0.15, 0.2) is 18.3 Å². The van der Waals surface area contributed by atoms with Gasteiger partial charge >= 0.3 is 0 Å². The summed E-state index contributed by atoms with van der Waals surface area (Å²) in [6, 6.07) is 5.53. The molecule has 1 atom stereocenters. The number of carbonyl (C=O) groups is 1.